The van der Waals surface area contributed by atoms with Gasteiger partial charge in [-0.15, -0.1) is 0 Å². The van der Waals surface area contributed by atoms with Crippen molar-refractivity contribution >= 4 is 17.4 Å². The largest absolute Gasteiger partial charge is 0.433 e. The van der Waals surface area contributed by atoms with Crippen molar-refractivity contribution in [1.82, 2.24) is 14.9 Å². The number of likely N-dealkylation sites (N-methyl/N-ethyl adjacent to an activating group) is 1. The first-order valence-corrected chi connectivity index (χ1v) is 6.87. The maximum atomic E-state index is 12.6. The molecule has 4 nitrogen and oxygen atoms in total. The van der Waals surface area contributed by atoms with Gasteiger partial charge in [-0.25, -0.2) is 9.97 Å². The molecule has 0 saturated heterocycles. The van der Waals surface area contributed by atoms with Crippen molar-refractivity contribution in [2.75, 3.05) is 25.0 Å². The second-order valence-corrected chi connectivity index (χ2v) is 5.03. The number of aromatic nitrogens is 2. The molecule has 0 spiro atoms. The number of hydrogen-bond acceptors (Lipinski definition) is 4. The average Bonchev–Trinajstić information content (AvgIpc) is 3.17. The molecule has 0 aliphatic heterocycles. The molecule has 20 heavy (non-hydrogen) atoms. The Labute approximate surface area is 120 Å². The minimum atomic E-state index is -4.52. The zero-order chi connectivity index (χ0) is 14.8. The first kappa shape index (κ1) is 15.3. The summed E-state index contributed by atoms with van der Waals surface area (Å²) in [6.45, 7) is 4.30. The molecular formula is C12H16ClF3N4. The summed E-state index contributed by atoms with van der Waals surface area (Å²) in [4.78, 5) is 9.23. The molecule has 1 fully saturated rings. The molecule has 1 aromatic rings. The smallest absolute Gasteiger partial charge is 0.369 e. The molecule has 0 unspecified atom stereocenters. The van der Waals surface area contributed by atoms with Gasteiger partial charge in [-0.3, -0.25) is 4.90 Å². The highest BCUT2D eigenvalue weighted by atomic mass is 35.5. The van der Waals surface area contributed by atoms with Crippen LogP contribution in [-0.2, 0) is 6.18 Å². The predicted octanol–water partition coefficient (Wildman–Crippen LogP) is 3.05. The molecule has 0 atom stereocenters. The lowest BCUT2D eigenvalue weighted by molar-refractivity contribution is -0.141. The maximum Gasteiger partial charge on any atom is 0.433 e. The summed E-state index contributed by atoms with van der Waals surface area (Å²) in [5.41, 5.74) is -1.03. The van der Waals surface area contributed by atoms with Crippen LogP contribution in [0.4, 0.5) is 19.0 Å². The molecule has 1 aliphatic carbocycles. The van der Waals surface area contributed by atoms with Gasteiger partial charge < -0.3 is 5.32 Å². The molecule has 1 saturated carbocycles. The van der Waals surface area contributed by atoms with E-state index in [9.17, 15) is 13.2 Å². The summed E-state index contributed by atoms with van der Waals surface area (Å²) in [5, 5.41) is 2.46. The first-order valence-electron chi connectivity index (χ1n) is 6.50. The summed E-state index contributed by atoms with van der Waals surface area (Å²) in [6, 6.07) is 1.50. The van der Waals surface area contributed by atoms with E-state index in [4.69, 9.17) is 11.6 Å². The number of nitrogens with one attached hydrogen (secondary N) is 1. The Morgan fingerprint density at radius 3 is 2.65 bits per heavy atom. The lowest BCUT2D eigenvalue weighted by Crippen LogP contribution is -2.31. The molecule has 112 valence electrons. The van der Waals surface area contributed by atoms with Crippen molar-refractivity contribution in [2.24, 2.45) is 0 Å². The number of nitrogens with zero attached hydrogens (tertiary/aromatic N) is 3. The number of anilines is 1. The minimum Gasteiger partial charge on any atom is -0.369 e. The van der Waals surface area contributed by atoms with Crippen LogP contribution in [0, 0.1) is 0 Å². The van der Waals surface area contributed by atoms with Gasteiger partial charge in [-0.05, 0) is 31.0 Å². The van der Waals surface area contributed by atoms with Crippen molar-refractivity contribution in [3.63, 3.8) is 0 Å². The maximum absolute atomic E-state index is 12.6. The van der Waals surface area contributed by atoms with Crippen molar-refractivity contribution in [3.05, 3.63) is 17.0 Å². The fraction of sp³-hybridized carbons (Fsp3) is 0.667. The highest BCUT2D eigenvalue weighted by molar-refractivity contribution is 6.28. The van der Waals surface area contributed by atoms with Gasteiger partial charge in [-0.2, -0.15) is 13.2 Å². The van der Waals surface area contributed by atoms with Crippen LogP contribution in [0.3, 0.4) is 0 Å². The molecule has 1 aromatic heterocycles. The fourth-order valence-electron chi connectivity index (χ4n) is 2.02. The Hall–Kier alpha value is -1.08. The third kappa shape index (κ3) is 4.21. The van der Waals surface area contributed by atoms with E-state index in [1.165, 1.54) is 12.8 Å². The highest BCUT2D eigenvalue weighted by Gasteiger charge is 2.33. The third-order valence-electron chi connectivity index (χ3n) is 3.16. The number of alkyl halides is 3. The van der Waals surface area contributed by atoms with Crippen LogP contribution in [0.15, 0.2) is 6.07 Å². The Morgan fingerprint density at radius 1 is 1.40 bits per heavy atom. The molecule has 1 aliphatic rings. The standard InChI is InChI=1S/C12H16ClF3N4/c1-2-20(8-3-4-8)6-5-17-10-7-9(12(14,15)16)18-11(13)19-10/h7-8H,2-6H2,1H3,(H,17,18,19). The van der Waals surface area contributed by atoms with E-state index in [-0.39, 0.29) is 5.82 Å². The molecule has 0 radical (unpaired) electrons. The lowest BCUT2D eigenvalue weighted by atomic mass is 10.3. The Kier molecular flexibility index (Phi) is 4.70. The summed E-state index contributed by atoms with van der Waals surface area (Å²) in [7, 11) is 0. The molecule has 2 rings (SSSR count). The van der Waals surface area contributed by atoms with Crippen LogP contribution in [0.5, 0.6) is 0 Å². The molecular weight excluding hydrogens is 293 g/mol. The predicted molar refractivity (Wildman–Crippen MR) is 70.8 cm³/mol. The first-order chi connectivity index (χ1) is 9.40. The van der Waals surface area contributed by atoms with Crippen molar-refractivity contribution in [2.45, 2.75) is 32.0 Å². The second-order valence-electron chi connectivity index (χ2n) is 4.69. The molecule has 0 bridgehead atoms. The van der Waals surface area contributed by atoms with Gasteiger partial charge in [0.2, 0.25) is 5.28 Å². The molecule has 1 N–H and O–H groups in total. The van der Waals surface area contributed by atoms with E-state index in [0.29, 0.717) is 12.6 Å². The summed E-state index contributed by atoms with van der Waals surface area (Å²) in [6.07, 6.45) is -2.12. The van der Waals surface area contributed by atoms with E-state index in [1.807, 2.05) is 0 Å². The zero-order valence-corrected chi connectivity index (χ0v) is 11.8. The number of rotatable bonds is 6. The van der Waals surface area contributed by atoms with Crippen molar-refractivity contribution in [1.29, 1.82) is 0 Å². The molecule has 0 amide bonds. The number of halogens is 4. The van der Waals surface area contributed by atoms with E-state index in [1.54, 1.807) is 0 Å². The van der Waals surface area contributed by atoms with Crippen molar-refractivity contribution < 1.29 is 13.2 Å². The fourth-order valence-corrected chi connectivity index (χ4v) is 2.20. The van der Waals surface area contributed by atoms with Crippen molar-refractivity contribution in [3.8, 4) is 0 Å². The van der Waals surface area contributed by atoms with Gasteiger partial charge in [0.1, 0.15) is 5.82 Å². The third-order valence-corrected chi connectivity index (χ3v) is 3.33. The summed E-state index contributed by atoms with van der Waals surface area (Å²) in [5.74, 6) is 0.101. The lowest BCUT2D eigenvalue weighted by Gasteiger charge is -2.20. The van der Waals surface area contributed by atoms with E-state index in [0.717, 1.165) is 19.2 Å². The second kappa shape index (κ2) is 6.13. The van der Waals surface area contributed by atoms with Crippen LogP contribution >= 0.6 is 11.6 Å². The Balaban J connectivity index is 1.93. The van der Waals surface area contributed by atoms with Gasteiger partial charge in [0.05, 0.1) is 0 Å². The van der Waals surface area contributed by atoms with Crippen LogP contribution in [0.2, 0.25) is 5.28 Å². The summed E-state index contributed by atoms with van der Waals surface area (Å²) >= 11 is 5.51. The molecule has 0 aromatic carbocycles. The minimum absolute atomic E-state index is 0.101. The molecule has 1 heterocycles. The van der Waals surface area contributed by atoms with Crippen LogP contribution < -0.4 is 5.32 Å². The van der Waals surface area contributed by atoms with Gasteiger partial charge >= 0.3 is 6.18 Å². The Morgan fingerprint density at radius 2 is 2.10 bits per heavy atom. The normalized spacial score (nSPS) is 15.7. The Bertz CT molecular complexity index is 463. The van der Waals surface area contributed by atoms with E-state index < -0.39 is 17.2 Å². The van der Waals surface area contributed by atoms with Crippen LogP contribution in [0.1, 0.15) is 25.5 Å². The van der Waals surface area contributed by atoms with Crippen LogP contribution in [-0.4, -0.2) is 40.5 Å². The van der Waals surface area contributed by atoms with E-state index in [2.05, 4.69) is 27.1 Å². The monoisotopic (exact) mass is 308 g/mol. The average molecular weight is 309 g/mol. The number of hydrogen-bond donors (Lipinski definition) is 1. The quantitative estimate of drug-likeness (QED) is 0.820. The SMILES string of the molecule is CCN(CCNc1cc(C(F)(F)F)nc(Cl)n1)C1CC1. The van der Waals surface area contributed by atoms with Gasteiger partial charge in [0.25, 0.3) is 0 Å². The topological polar surface area (TPSA) is 41.0 Å². The van der Waals surface area contributed by atoms with E-state index >= 15 is 0 Å². The van der Waals surface area contributed by atoms with Gasteiger partial charge in [0, 0.05) is 25.2 Å². The van der Waals surface area contributed by atoms with Gasteiger partial charge in [0.15, 0.2) is 5.69 Å². The highest BCUT2D eigenvalue weighted by Crippen LogP contribution is 2.29. The van der Waals surface area contributed by atoms with Crippen LogP contribution in [0.25, 0.3) is 0 Å². The molecule has 8 heteroatoms. The summed E-state index contributed by atoms with van der Waals surface area (Å²) < 4.78 is 37.7. The van der Waals surface area contributed by atoms with Gasteiger partial charge in [-0.1, -0.05) is 6.92 Å². The zero-order valence-electron chi connectivity index (χ0n) is 11.0.